The maximum absolute atomic E-state index is 8.91. The normalized spacial score (nSPS) is 12.5. The topological polar surface area (TPSA) is 38.1 Å². The monoisotopic (exact) mass is 276 g/mol. The van der Waals surface area contributed by atoms with Crippen molar-refractivity contribution in [2.45, 2.75) is 30.9 Å². The molecule has 0 aliphatic heterocycles. The van der Waals surface area contributed by atoms with Gasteiger partial charge in [0.15, 0.2) is 0 Å². The molecule has 0 unspecified atom stereocenters. The van der Waals surface area contributed by atoms with Crippen LogP contribution in [0.1, 0.15) is 24.7 Å². The largest absolute Gasteiger partial charge is 0.396 e. The number of rotatable bonds is 7. The number of nitrogens with zero attached hydrogens (tertiary/aromatic N) is 2. The molecule has 0 fully saturated rings. The number of aromatic nitrogens is 2. The van der Waals surface area contributed by atoms with Crippen molar-refractivity contribution in [1.29, 1.82) is 0 Å². The lowest BCUT2D eigenvalue weighted by molar-refractivity contribution is 0.289. The van der Waals surface area contributed by atoms with Gasteiger partial charge < -0.3 is 9.67 Å². The molecular formula is C15H20N2OS. The summed E-state index contributed by atoms with van der Waals surface area (Å²) in [5, 5.41) is 9.37. The van der Waals surface area contributed by atoms with Gasteiger partial charge in [0.25, 0.3) is 0 Å². The van der Waals surface area contributed by atoms with E-state index in [1.807, 2.05) is 30.2 Å². The lowest BCUT2D eigenvalue weighted by Crippen LogP contribution is -2.06. The Hall–Kier alpha value is -1.26. The third kappa shape index (κ3) is 4.40. The number of hydrogen-bond acceptors (Lipinski definition) is 3. The van der Waals surface area contributed by atoms with Gasteiger partial charge in [-0.2, -0.15) is 11.8 Å². The van der Waals surface area contributed by atoms with Crippen molar-refractivity contribution in [2.24, 2.45) is 0 Å². The Morgan fingerprint density at radius 1 is 1.32 bits per heavy atom. The SMILES string of the molecule is C[C@H](CCO)SCc1nccn1Cc1ccccc1. The van der Waals surface area contributed by atoms with E-state index >= 15 is 0 Å². The van der Waals surface area contributed by atoms with Gasteiger partial charge in [-0.3, -0.25) is 0 Å². The number of imidazole rings is 1. The maximum atomic E-state index is 8.91. The third-order valence-corrected chi connectivity index (χ3v) is 4.26. The molecule has 2 aromatic rings. The van der Waals surface area contributed by atoms with E-state index in [4.69, 9.17) is 5.11 Å². The smallest absolute Gasteiger partial charge is 0.118 e. The van der Waals surface area contributed by atoms with Crippen LogP contribution in [0.5, 0.6) is 0 Å². The zero-order valence-corrected chi connectivity index (χ0v) is 12.0. The standard InChI is InChI=1S/C15H20N2OS/c1-13(7-10-18)19-12-15-16-8-9-17(15)11-14-5-3-2-4-6-14/h2-6,8-9,13,18H,7,10-12H2,1H3/t13-/m1/s1. The number of thioether (sulfide) groups is 1. The van der Waals surface area contributed by atoms with Crippen molar-refractivity contribution in [1.82, 2.24) is 9.55 Å². The van der Waals surface area contributed by atoms with Crippen LogP contribution in [0, 0.1) is 0 Å². The second-order valence-electron chi connectivity index (χ2n) is 4.59. The van der Waals surface area contributed by atoms with Crippen molar-refractivity contribution in [3.63, 3.8) is 0 Å². The molecule has 1 aromatic heterocycles. The Bertz CT molecular complexity index is 484. The van der Waals surface area contributed by atoms with Crippen LogP contribution in [0.15, 0.2) is 42.7 Å². The van der Waals surface area contributed by atoms with Crippen molar-refractivity contribution >= 4 is 11.8 Å². The molecule has 1 aromatic carbocycles. The predicted octanol–water partition coefficient (Wildman–Crippen LogP) is 2.94. The van der Waals surface area contributed by atoms with Gasteiger partial charge in [-0.25, -0.2) is 4.98 Å². The molecule has 1 N–H and O–H groups in total. The molecule has 0 spiro atoms. The first-order chi connectivity index (χ1) is 9.29. The summed E-state index contributed by atoms with van der Waals surface area (Å²) in [6.45, 7) is 3.27. The molecular weight excluding hydrogens is 256 g/mol. The minimum Gasteiger partial charge on any atom is -0.396 e. The number of benzene rings is 1. The molecule has 0 amide bonds. The molecule has 0 bridgehead atoms. The van der Waals surface area contributed by atoms with Gasteiger partial charge in [-0.15, -0.1) is 0 Å². The van der Waals surface area contributed by atoms with Gasteiger partial charge in [-0.1, -0.05) is 37.3 Å². The Kier molecular flexibility index (Phi) is 5.48. The highest BCUT2D eigenvalue weighted by Gasteiger charge is 2.07. The first-order valence-corrected chi connectivity index (χ1v) is 7.61. The number of aliphatic hydroxyl groups excluding tert-OH is 1. The van der Waals surface area contributed by atoms with Gasteiger partial charge in [0, 0.05) is 30.8 Å². The van der Waals surface area contributed by atoms with Crippen LogP contribution in [-0.2, 0) is 12.3 Å². The van der Waals surface area contributed by atoms with Crippen LogP contribution in [0.3, 0.4) is 0 Å². The summed E-state index contributed by atoms with van der Waals surface area (Å²) in [6, 6.07) is 10.4. The molecule has 0 radical (unpaired) electrons. The van der Waals surface area contributed by atoms with Gasteiger partial charge in [0.1, 0.15) is 5.82 Å². The lowest BCUT2D eigenvalue weighted by Gasteiger charge is -2.11. The van der Waals surface area contributed by atoms with Crippen LogP contribution >= 0.6 is 11.8 Å². The van der Waals surface area contributed by atoms with E-state index < -0.39 is 0 Å². The van der Waals surface area contributed by atoms with Crippen molar-refractivity contribution in [3.8, 4) is 0 Å². The second-order valence-corrected chi connectivity index (χ2v) is 6.02. The molecule has 2 rings (SSSR count). The molecule has 3 nitrogen and oxygen atoms in total. The zero-order chi connectivity index (χ0) is 13.5. The molecule has 102 valence electrons. The summed E-state index contributed by atoms with van der Waals surface area (Å²) < 4.78 is 2.19. The molecule has 0 aliphatic carbocycles. The highest BCUT2D eigenvalue weighted by Crippen LogP contribution is 2.19. The highest BCUT2D eigenvalue weighted by molar-refractivity contribution is 7.99. The molecule has 4 heteroatoms. The van der Waals surface area contributed by atoms with Gasteiger partial charge in [-0.05, 0) is 12.0 Å². The zero-order valence-electron chi connectivity index (χ0n) is 11.2. The van der Waals surface area contributed by atoms with Gasteiger partial charge in [0.2, 0.25) is 0 Å². The van der Waals surface area contributed by atoms with Crippen LogP contribution < -0.4 is 0 Å². The van der Waals surface area contributed by atoms with E-state index in [-0.39, 0.29) is 6.61 Å². The van der Waals surface area contributed by atoms with E-state index in [1.54, 1.807) is 0 Å². The molecule has 0 saturated carbocycles. The van der Waals surface area contributed by atoms with E-state index in [0.717, 1.165) is 24.5 Å². The molecule has 1 heterocycles. The average Bonchev–Trinajstić information content (AvgIpc) is 2.85. The fourth-order valence-electron chi connectivity index (χ4n) is 1.89. The molecule has 19 heavy (non-hydrogen) atoms. The molecule has 1 atom stereocenters. The van der Waals surface area contributed by atoms with E-state index in [9.17, 15) is 0 Å². The minimum atomic E-state index is 0.257. The summed E-state index contributed by atoms with van der Waals surface area (Å²) in [4.78, 5) is 4.42. The summed E-state index contributed by atoms with van der Waals surface area (Å²) in [7, 11) is 0. The van der Waals surface area contributed by atoms with Crippen LogP contribution in [0.25, 0.3) is 0 Å². The average molecular weight is 276 g/mol. The lowest BCUT2D eigenvalue weighted by atomic mass is 10.2. The van der Waals surface area contributed by atoms with Crippen molar-refractivity contribution < 1.29 is 5.11 Å². The number of aliphatic hydroxyl groups is 1. The third-order valence-electron chi connectivity index (χ3n) is 3.03. The minimum absolute atomic E-state index is 0.257. The summed E-state index contributed by atoms with van der Waals surface area (Å²) in [5.74, 6) is 1.99. The van der Waals surface area contributed by atoms with E-state index in [1.165, 1.54) is 5.56 Å². The first kappa shape index (κ1) is 14.2. The highest BCUT2D eigenvalue weighted by atomic mass is 32.2. The molecule has 0 saturated heterocycles. The summed E-state index contributed by atoms with van der Waals surface area (Å²) >= 11 is 1.84. The number of hydrogen-bond donors (Lipinski definition) is 1. The Balaban J connectivity index is 1.94. The van der Waals surface area contributed by atoms with Gasteiger partial charge >= 0.3 is 0 Å². The Morgan fingerprint density at radius 3 is 2.84 bits per heavy atom. The first-order valence-electron chi connectivity index (χ1n) is 6.56. The second kappa shape index (κ2) is 7.36. The van der Waals surface area contributed by atoms with Crippen LogP contribution in [-0.4, -0.2) is 26.5 Å². The van der Waals surface area contributed by atoms with E-state index in [2.05, 4.69) is 40.7 Å². The molecule has 0 aliphatic rings. The maximum Gasteiger partial charge on any atom is 0.118 e. The summed E-state index contributed by atoms with van der Waals surface area (Å²) in [6.07, 6.45) is 4.72. The quantitative estimate of drug-likeness (QED) is 0.845. The van der Waals surface area contributed by atoms with Crippen molar-refractivity contribution in [3.05, 3.63) is 54.1 Å². The summed E-state index contributed by atoms with van der Waals surface area (Å²) in [5.41, 5.74) is 1.29. The van der Waals surface area contributed by atoms with Crippen molar-refractivity contribution in [2.75, 3.05) is 6.61 Å². The van der Waals surface area contributed by atoms with Crippen LogP contribution in [0.4, 0.5) is 0 Å². The van der Waals surface area contributed by atoms with Crippen LogP contribution in [0.2, 0.25) is 0 Å². The Morgan fingerprint density at radius 2 is 2.11 bits per heavy atom. The Labute approximate surface area is 118 Å². The predicted molar refractivity (Wildman–Crippen MR) is 80.2 cm³/mol. The fraction of sp³-hybridized carbons (Fsp3) is 0.400. The fourth-order valence-corrected chi connectivity index (χ4v) is 2.83. The van der Waals surface area contributed by atoms with Gasteiger partial charge in [0.05, 0.1) is 5.75 Å². The van der Waals surface area contributed by atoms with E-state index in [0.29, 0.717) is 5.25 Å².